The number of hydrogen-bond acceptors (Lipinski definition) is 4. The molecule has 1 fully saturated rings. The summed E-state index contributed by atoms with van der Waals surface area (Å²) in [5, 5.41) is 11.7. The first kappa shape index (κ1) is 18.2. The number of carbonyl (C=O) groups excluding carboxylic acids is 1. The van der Waals surface area contributed by atoms with Crippen molar-refractivity contribution in [2.75, 3.05) is 18.0 Å². The van der Waals surface area contributed by atoms with Crippen LogP contribution in [0.4, 0.5) is 5.82 Å². The third kappa shape index (κ3) is 4.19. The fraction of sp³-hybridized carbons (Fsp3) is 0.261. The second kappa shape index (κ2) is 8.21. The number of anilines is 1. The molecule has 0 spiro atoms. The van der Waals surface area contributed by atoms with E-state index in [0.717, 1.165) is 35.7 Å². The number of benzene rings is 2. The average molecular weight is 372 g/mol. The van der Waals surface area contributed by atoms with E-state index in [-0.39, 0.29) is 5.91 Å². The predicted molar refractivity (Wildman–Crippen MR) is 111 cm³/mol. The van der Waals surface area contributed by atoms with Gasteiger partial charge in [-0.15, -0.1) is 10.2 Å². The van der Waals surface area contributed by atoms with Crippen LogP contribution in [0.25, 0.3) is 11.3 Å². The number of nitrogens with one attached hydrogen (secondary N) is 1. The summed E-state index contributed by atoms with van der Waals surface area (Å²) in [4.78, 5) is 14.6. The van der Waals surface area contributed by atoms with Gasteiger partial charge < -0.3 is 10.2 Å². The van der Waals surface area contributed by atoms with Crippen LogP contribution in [0.3, 0.4) is 0 Å². The summed E-state index contributed by atoms with van der Waals surface area (Å²) in [6.45, 7) is 4.68. The molecule has 1 N–H and O–H groups in total. The maximum absolute atomic E-state index is 12.4. The lowest BCUT2D eigenvalue weighted by Crippen LogP contribution is -2.22. The molecule has 0 saturated carbocycles. The Morgan fingerprint density at radius 2 is 1.64 bits per heavy atom. The minimum Gasteiger partial charge on any atom is -0.355 e. The van der Waals surface area contributed by atoms with E-state index in [9.17, 15) is 4.79 Å². The van der Waals surface area contributed by atoms with Gasteiger partial charge in [0.2, 0.25) is 0 Å². The Morgan fingerprint density at radius 1 is 0.929 bits per heavy atom. The Balaban J connectivity index is 1.38. The molecule has 1 saturated heterocycles. The zero-order valence-electron chi connectivity index (χ0n) is 16.1. The van der Waals surface area contributed by atoms with E-state index in [4.69, 9.17) is 0 Å². The van der Waals surface area contributed by atoms with Crippen LogP contribution in [0.2, 0.25) is 0 Å². The number of carbonyl (C=O) groups is 1. The molecular weight excluding hydrogens is 348 g/mol. The topological polar surface area (TPSA) is 58.1 Å². The normalized spacial score (nSPS) is 13.5. The Morgan fingerprint density at radius 3 is 2.29 bits per heavy atom. The van der Waals surface area contributed by atoms with Crippen LogP contribution >= 0.6 is 0 Å². The Hall–Kier alpha value is -3.21. The second-order valence-electron chi connectivity index (χ2n) is 7.22. The number of amides is 1. The van der Waals surface area contributed by atoms with Gasteiger partial charge in [0, 0.05) is 30.8 Å². The quantitative estimate of drug-likeness (QED) is 0.736. The van der Waals surface area contributed by atoms with Gasteiger partial charge in [0.25, 0.3) is 5.91 Å². The summed E-state index contributed by atoms with van der Waals surface area (Å²) in [5.41, 5.74) is 4.70. The molecule has 1 aromatic heterocycles. The summed E-state index contributed by atoms with van der Waals surface area (Å²) in [5.74, 6) is 0.857. The van der Waals surface area contributed by atoms with Crippen LogP contribution in [0.1, 0.15) is 34.3 Å². The summed E-state index contributed by atoms with van der Waals surface area (Å²) in [6, 6.07) is 19.7. The second-order valence-corrected chi connectivity index (χ2v) is 7.22. The number of hydrogen-bond donors (Lipinski definition) is 1. The molecule has 28 heavy (non-hydrogen) atoms. The molecule has 0 radical (unpaired) electrons. The fourth-order valence-corrected chi connectivity index (χ4v) is 3.38. The van der Waals surface area contributed by atoms with E-state index in [2.05, 4.69) is 20.4 Å². The van der Waals surface area contributed by atoms with Gasteiger partial charge in [0.05, 0.1) is 5.69 Å². The van der Waals surface area contributed by atoms with Gasteiger partial charge >= 0.3 is 0 Å². The van der Waals surface area contributed by atoms with Gasteiger partial charge in [-0.05, 0) is 49.6 Å². The van der Waals surface area contributed by atoms with Crippen molar-refractivity contribution in [3.63, 3.8) is 0 Å². The van der Waals surface area contributed by atoms with Crippen molar-refractivity contribution >= 4 is 11.7 Å². The van der Waals surface area contributed by atoms with Crippen LogP contribution in [0, 0.1) is 6.92 Å². The van der Waals surface area contributed by atoms with Gasteiger partial charge in [-0.3, -0.25) is 4.79 Å². The van der Waals surface area contributed by atoms with Crippen molar-refractivity contribution in [2.45, 2.75) is 26.3 Å². The van der Waals surface area contributed by atoms with Crippen LogP contribution < -0.4 is 10.2 Å². The molecule has 5 nitrogen and oxygen atoms in total. The van der Waals surface area contributed by atoms with Crippen LogP contribution in [-0.4, -0.2) is 29.2 Å². The molecule has 0 atom stereocenters. The molecule has 0 bridgehead atoms. The molecule has 142 valence electrons. The van der Waals surface area contributed by atoms with E-state index in [1.54, 1.807) is 0 Å². The highest BCUT2D eigenvalue weighted by Crippen LogP contribution is 2.21. The Bertz CT molecular complexity index is 928. The SMILES string of the molecule is Cc1ccc(CNC(=O)c2ccc(-c3ccc(N4CCCC4)nn3)cc2)cc1. The molecule has 2 heterocycles. The standard InChI is InChI=1S/C23H24N4O/c1-17-4-6-18(7-5-17)16-24-23(28)20-10-8-19(9-11-20)21-12-13-22(26-25-21)27-14-2-3-15-27/h4-13H,2-3,14-16H2,1H3,(H,24,28). The minimum atomic E-state index is -0.0809. The lowest BCUT2D eigenvalue weighted by atomic mass is 10.1. The summed E-state index contributed by atoms with van der Waals surface area (Å²) >= 11 is 0. The number of aryl methyl sites for hydroxylation is 1. The Kier molecular flexibility index (Phi) is 5.33. The fourth-order valence-electron chi connectivity index (χ4n) is 3.38. The van der Waals surface area contributed by atoms with E-state index in [1.807, 2.05) is 67.6 Å². The minimum absolute atomic E-state index is 0.0809. The monoisotopic (exact) mass is 372 g/mol. The van der Waals surface area contributed by atoms with Gasteiger partial charge in [0.15, 0.2) is 5.82 Å². The van der Waals surface area contributed by atoms with Gasteiger partial charge in [0.1, 0.15) is 0 Å². The van der Waals surface area contributed by atoms with Crippen molar-refractivity contribution in [3.8, 4) is 11.3 Å². The maximum atomic E-state index is 12.4. The first-order valence-electron chi connectivity index (χ1n) is 9.72. The van der Waals surface area contributed by atoms with E-state index >= 15 is 0 Å². The highest BCUT2D eigenvalue weighted by atomic mass is 16.1. The molecule has 0 unspecified atom stereocenters. The lowest BCUT2D eigenvalue weighted by molar-refractivity contribution is 0.0951. The molecule has 1 aliphatic rings. The Labute approximate surface area is 165 Å². The van der Waals surface area contributed by atoms with Gasteiger partial charge in [-0.2, -0.15) is 0 Å². The molecule has 5 heteroatoms. The lowest BCUT2D eigenvalue weighted by Gasteiger charge is -2.15. The smallest absolute Gasteiger partial charge is 0.251 e. The van der Waals surface area contributed by atoms with Gasteiger partial charge in [-0.1, -0.05) is 42.0 Å². The average Bonchev–Trinajstić information content (AvgIpc) is 3.28. The first-order chi connectivity index (χ1) is 13.7. The number of rotatable bonds is 5. The highest BCUT2D eigenvalue weighted by Gasteiger charge is 2.14. The third-order valence-electron chi connectivity index (χ3n) is 5.10. The number of aromatic nitrogens is 2. The van der Waals surface area contributed by atoms with Crippen molar-refractivity contribution < 1.29 is 4.79 Å². The van der Waals surface area contributed by atoms with Gasteiger partial charge in [-0.25, -0.2) is 0 Å². The molecule has 4 rings (SSSR count). The van der Waals surface area contributed by atoms with E-state index in [0.29, 0.717) is 12.1 Å². The molecule has 3 aromatic rings. The van der Waals surface area contributed by atoms with Crippen LogP contribution in [0.15, 0.2) is 60.7 Å². The van der Waals surface area contributed by atoms with Crippen molar-refractivity contribution in [3.05, 3.63) is 77.4 Å². The van der Waals surface area contributed by atoms with Crippen molar-refractivity contribution in [1.82, 2.24) is 15.5 Å². The van der Waals surface area contributed by atoms with Crippen molar-refractivity contribution in [2.24, 2.45) is 0 Å². The molecular formula is C23H24N4O. The largest absolute Gasteiger partial charge is 0.355 e. The van der Waals surface area contributed by atoms with Crippen LogP contribution in [0.5, 0.6) is 0 Å². The van der Waals surface area contributed by atoms with E-state index in [1.165, 1.54) is 18.4 Å². The predicted octanol–water partition coefficient (Wildman–Crippen LogP) is 3.98. The van der Waals surface area contributed by atoms with Crippen molar-refractivity contribution in [1.29, 1.82) is 0 Å². The first-order valence-corrected chi connectivity index (χ1v) is 9.72. The van der Waals surface area contributed by atoms with Crippen LogP contribution in [-0.2, 0) is 6.54 Å². The molecule has 1 aliphatic heterocycles. The van der Waals surface area contributed by atoms with E-state index < -0.39 is 0 Å². The number of nitrogens with zero attached hydrogens (tertiary/aromatic N) is 3. The molecule has 1 amide bonds. The third-order valence-corrected chi connectivity index (χ3v) is 5.10. The maximum Gasteiger partial charge on any atom is 0.251 e. The highest BCUT2D eigenvalue weighted by molar-refractivity contribution is 5.94. The molecule has 2 aromatic carbocycles. The molecule has 0 aliphatic carbocycles. The summed E-state index contributed by atoms with van der Waals surface area (Å²) in [6.07, 6.45) is 2.44. The zero-order chi connectivity index (χ0) is 19.3. The summed E-state index contributed by atoms with van der Waals surface area (Å²) in [7, 11) is 0. The zero-order valence-corrected chi connectivity index (χ0v) is 16.1. The summed E-state index contributed by atoms with van der Waals surface area (Å²) < 4.78 is 0.